The van der Waals surface area contributed by atoms with E-state index in [0.717, 1.165) is 16.6 Å². The maximum Gasteiger partial charge on any atom is 0.306 e. The molecule has 3 aromatic carbocycles. The van der Waals surface area contributed by atoms with Crippen LogP contribution in [0, 0.1) is 11.7 Å². The Balaban J connectivity index is 1.75. The van der Waals surface area contributed by atoms with E-state index >= 15 is 0 Å². The molecule has 156 valence electrons. The number of methoxy groups -OCH3 is 1. The molecule has 1 unspecified atom stereocenters. The highest BCUT2D eigenvalue weighted by Gasteiger charge is 2.31. The summed E-state index contributed by atoms with van der Waals surface area (Å²) in [6.07, 6.45) is 1.31. The average molecular weight is 417 g/mol. The van der Waals surface area contributed by atoms with Gasteiger partial charge in [-0.25, -0.2) is 4.39 Å². The first-order chi connectivity index (χ1) is 15.0. The van der Waals surface area contributed by atoms with E-state index in [1.165, 1.54) is 12.1 Å². The highest BCUT2D eigenvalue weighted by molar-refractivity contribution is 6.12. The lowest BCUT2D eigenvalue weighted by Crippen LogP contribution is -2.24. The standard InChI is InChI=1S/C25H20FNO4/c1-31-15-7-11-23-20(13-15)19-12-14(25(29)30)6-10-22(19)27(23)24(28)18-8-9-21(26)17-5-3-2-4-16(17)18/h2-5,7-9,11,13-14H,6,10,12H2,1H3,(H,29,30). The van der Waals surface area contributed by atoms with Gasteiger partial charge in [0.2, 0.25) is 0 Å². The lowest BCUT2D eigenvalue weighted by molar-refractivity contribution is -0.142. The molecule has 0 fully saturated rings. The molecule has 0 spiro atoms. The minimum Gasteiger partial charge on any atom is -0.497 e. The fraction of sp³-hybridized carbons (Fsp3) is 0.200. The molecule has 1 aromatic heterocycles. The normalized spacial score (nSPS) is 15.7. The lowest BCUT2D eigenvalue weighted by Gasteiger charge is -2.21. The van der Waals surface area contributed by atoms with Crippen molar-refractivity contribution in [1.82, 2.24) is 4.57 Å². The van der Waals surface area contributed by atoms with Crippen LogP contribution in [0.2, 0.25) is 0 Å². The molecule has 1 heterocycles. The monoisotopic (exact) mass is 417 g/mol. The molecule has 0 aliphatic heterocycles. The number of hydrogen-bond acceptors (Lipinski definition) is 3. The lowest BCUT2D eigenvalue weighted by atomic mass is 9.86. The Bertz CT molecular complexity index is 1370. The van der Waals surface area contributed by atoms with Crippen molar-refractivity contribution < 1.29 is 23.8 Å². The Morgan fingerprint density at radius 3 is 2.58 bits per heavy atom. The van der Waals surface area contributed by atoms with E-state index in [1.807, 2.05) is 12.1 Å². The SMILES string of the molecule is COc1ccc2c(c1)c1c(n2C(=O)c2ccc(F)c3ccccc23)CCC(C(=O)O)C1. The Morgan fingerprint density at radius 1 is 1.06 bits per heavy atom. The van der Waals surface area contributed by atoms with E-state index in [0.29, 0.717) is 46.9 Å². The van der Waals surface area contributed by atoms with E-state index in [-0.39, 0.29) is 11.7 Å². The van der Waals surface area contributed by atoms with Crippen molar-refractivity contribution in [2.24, 2.45) is 5.92 Å². The number of hydrogen-bond donors (Lipinski definition) is 1. The van der Waals surface area contributed by atoms with Crippen LogP contribution in [0.4, 0.5) is 4.39 Å². The number of halogens is 1. The molecule has 0 bridgehead atoms. The zero-order valence-corrected chi connectivity index (χ0v) is 16.9. The highest BCUT2D eigenvalue weighted by Crippen LogP contribution is 2.37. The van der Waals surface area contributed by atoms with Crippen LogP contribution in [-0.4, -0.2) is 28.7 Å². The molecule has 5 nitrogen and oxygen atoms in total. The minimum atomic E-state index is -0.828. The largest absolute Gasteiger partial charge is 0.497 e. The third kappa shape index (κ3) is 2.98. The third-order valence-electron chi connectivity index (χ3n) is 6.22. The number of nitrogens with zero attached hydrogens (tertiary/aromatic N) is 1. The Labute approximate surface area is 177 Å². The number of benzene rings is 3. The molecule has 31 heavy (non-hydrogen) atoms. The van der Waals surface area contributed by atoms with Gasteiger partial charge < -0.3 is 9.84 Å². The summed E-state index contributed by atoms with van der Waals surface area (Å²) in [5.74, 6) is -1.30. The van der Waals surface area contributed by atoms with Gasteiger partial charge in [-0.15, -0.1) is 0 Å². The van der Waals surface area contributed by atoms with Crippen LogP contribution in [0.25, 0.3) is 21.7 Å². The van der Waals surface area contributed by atoms with Gasteiger partial charge in [0.05, 0.1) is 18.5 Å². The van der Waals surface area contributed by atoms with Crippen LogP contribution >= 0.6 is 0 Å². The predicted octanol–water partition coefficient (Wildman–Crippen LogP) is 4.82. The molecular weight excluding hydrogens is 397 g/mol. The summed E-state index contributed by atoms with van der Waals surface area (Å²) in [6.45, 7) is 0. The van der Waals surface area contributed by atoms with Crippen LogP contribution in [0.5, 0.6) is 5.75 Å². The van der Waals surface area contributed by atoms with Gasteiger partial charge in [0.1, 0.15) is 11.6 Å². The van der Waals surface area contributed by atoms with Crippen molar-refractivity contribution in [2.45, 2.75) is 19.3 Å². The van der Waals surface area contributed by atoms with Gasteiger partial charge in [-0.05, 0) is 60.5 Å². The van der Waals surface area contributed by atoms with E-state index in [9.17, 15) is 19.1 Å². The van der Waals surface area contributed by atoms with Gasteiger partial charge >= 0.3 is 5.97 Å². The molecule has 6 heteroatoms. The fourth-order valence-electron chi connectivity index (χ4n) is 4.68. The van der Waals surface area contributed by atoms with Crippen LogP contribution < -0.4 is 4.74 Å². The molecule has 1 aliphatic rings. The van der Waals surface area contributed by atoms with Crippen LogP contribution in [0.15, 0.2) is 54.6 Å². The van der Waals surface area contributed by atoms with Crippen molar-refractivity contribution in [2.75, 3.05) is 7.11 Å². The van der Waals surface area contributed by atoms with Gasteiger partial charge in [0, 0.05) is 22.0 Å². The number of carbonyl (C=O) groups is 2. The number of carbonyl (C=O) groups excluding carboxylic acids is 1. The second-order valence-corrected chi connectivity index (χ2v) is 7.87. The summed E-state index contributed by atoms with van der Waals surface area (Å²) in [5.41, 5.74) is 2.80. The Morgan fingerprint density at radius 2 is 1.84 bits per heavy atom. The quantitative estimate of drug-likeness (QED) is 0.519. The molecular formula is C25H20FNO4. The maximum absolute atomic E-state index is 14.3. The van der Waals surface area contributed by atoms with Crippen molar-refractivity contribution >= 4 is 33.6 Å². The Kier molecular flexibility index (Phi) is 4.50. The summed E-state index contributed by atoms with van der Waals surface area (Å²) in [6, 6.07) is 15.2. The van der Waals surface area contributed by atoms with E-state index in [2.05, 4.69) is 0 Å². The van der Waals surface area contributed by atoms with Gasteiger partial charge in [-0.2, -0.15) is 0 Å². The van der Waals surface area contributed by atoms with Crippen LogP contribution in [0.3, 0.4) is 0 Å². The highest BCUT2D eigenvalue weighted by atomic mass is 19.1. The van der Waals surface area contributed by atoms with Gasteiger partial charge in [-0.3, -0.25) is 14.2 Å². The number of rotatable bonds is 3. The van der Waals surface area contributed by atoms with Crippen LogP contribution in [-0.2, 0) is 17.6 Å². The predicted molar refractivity (Wildman–Crippen MR) is 115 cm³/mol. The van der Waals surface area contributed by atoms with Gasteiger partial charge in [-0.1, -0.05) is 24.3 Å². The summed E-state index contributed by atoms with van der Waals surface area (Å²) in [7, 11) is 1.57. The summed E-state index contributed by atoms with van der Waals surface area (Å²) >= 11 is 0. The van der Waals surface area contributed by atoms with Crippen molar-refractivity contribution in [1.29, 1.82) is 0 Å². The third-order valence-corrected chi connectivity index (χ3v) is 6.22. The average Bonchev–Trinajstić information content (AvgIpc) is 3.12. The number of aliphatic carboxylic acids is 1. The maximum atomic E-state index is 14.3. The second-order valence-electron chi connectivity index (χ2n) is 7.87. The van der Waals surface area contributed by atoms with E-state index < -0.39 is 11.9 Å². The molecule has 0 saturated heterocycles. The summed E-state index contributed by atoms with van der Waals surface area (Å²) in [4.78, 5) is 25.4. The molecule has 1 N–H and O–H groups in total. The molecule has 4 aromatic rings. The molecule has 1 aliphatic carbocycles. The molecule has 5 rings (SSSR count). The number of ether oxygens (including phenoxy) is 1. The number of carboxylic acid groups (broad SMARTS) is 1. The van der Waals surface area contributed by atoms with Gasteiger partial charge in [0.25, 0.3) is 5.91 Å². The van der Waals surface area contributed by atoms with E-state index in [1.54, 1.807) is 42.0 Å². The first-order valence-electron chi connectivity index (χ1n) is 10.1. The van der Waals surface area contributed by atoms with Gasteiger partial charge in [0.15, 0.2) is 0 Å². The smallest absolute Gasteiger partial charge is 0.306 e. The second kappa shape index (κ2) is 7.23. The zero-order chi connectivity index (χ0) is 21.7. The molecule has 0 radical (unpaired) electrons. The first kappa shape index (κ1) is 19.3. The summed E-state index contributed by atoms with van der Waals surface area (Å²) < 4.78 is 21.3. The minimum absolute atomic E-state index is 0.249. The molecule has 0 saturated carbocycles. The summed E-state index contributed by atoms with van der Waals surface area (Å²) in [5, 5.41) is 11.3. The van der Waals surface area contributed by atoms with Crippen LogP contribution in [0.1, 0.15) is 28.0 Å². The van der Waals surface area contributed by atoms with Crippen molar-refractivity contribution in [3.63, 3.8) is 0 Å². The molecule has 1 atom stereocenters. The topological polar surface area (TPSA) is 68.5 Å². The number of carboxylic acids is 1. The van der Waals surface area contributed by atoms with Crippen molar-refractivity contribution in [3.05, 3.63) is 77.2 Å². The number of aromatic nitrogens is 1. The Hall–Kier alpha value is -3.67. The fourth-order valence-corrected chi connectivity index (χ4v) is 4.68. The zero-order valence-electron chi connectivity index (χ0n) is 16.9. The molecule has 0 amide bonds. The first-order valence-corrected chi connectivity index (χ1v) is 10.1. The van der Waals surface area contributed by atoms with E-state index in [4.69, 9.17) is 4.74 Å². The van der Waals surface area contributed by atoms with Crippen molar-refractivity contribution in [3.8, 4) is 5.75 Å². The number of fused-ring (bicyclic) bond motifs is 4.